The Morgan fingerprint density at radius 2 is 2.00 bits per heavy atom. The molecule has 0 aliphatic carbocycles. The lowest BCUT2D eigenvalue weighted by Gasteiger charge is -2.23. The molecule has 3 heterocycles. The predicted molar refractivity (Wildman–Crippen MR) is 127 cm³/mol. The average molecular weight is 480 g/mol. The zero-order valence-corrected chi connectivity index (χ0v) is 19.5. The summed E-state index contributed by atoms with van der Waals surface area (Å²) < 4.78 is 2.65. The molecular formula is C22H21N7O2S2. The Morgan fingerprint density at radius 1 is 1.18 bits per heavy atom. The average Bonchev–Trinajstić information content (AvgIpc) is 3.56. The van der Waals surface area contributed by atoms with Crippen molar-refractivity contribution in [3.8, 4) is 0 Å². The number of hydrogen-bond acceptors (Lipinski definition) is 8. The minimum absolute atomic E-state index is 0.00130. The van der Waals surface area contributed by atoms with Crippen LogP contribution in [-0.4, -0.2) is 54.2 Å². The fourth-order valence-corrected chi connectivity index (χ4v) is 5.60. The summed E-state index contributed by atoms with van der Waals surface area (Å²) in [5.41, 5.74) is 2.21. The molecule has 1 fully saturated rings. The SMILES string of the molecule is Cn1nnnc1SCC(=O)Nc1ccc(C(=O)N2CCC[C@H]2c2nc3ccccc3s2)cc1. The summed E-state index contributed by atoms with van der Waals surface area (Å²) in [6, 6.07) is 15.1. The summed E-state index contributed by atoms with van der Waals surface area (Å²) in [6.45, 7) is 0.714. The van der Waals surface area contributed by atoms with Crippen molar-refractivity contribution in [2.75, 3.05) is 17.6 Å². The number of para-hydroxylation sites is 1. The van der Waals surface area contributed by atoms with Crippen molar-refractivity contribution in [1.29, 1.82) is 0 Å². The second-order valence-electron chi connectivity index (χ2n) is 7.68. The molecular weight excluding hydrogens is 458 g/mol. The van der Waals surface area contributed by atoms with Gasteiger partial charge in [0, 0.05) is 24.8 Å². The molecule has 1 saturated heterocycles. The van der Waals surface area contributed by atoms with E-state index in [1.807, 2.05) is 23.1 Å². The normalized spacial score (nSPS) is 15.8. The lowest BCUT2D eigenvalue weighted by atomic mass is 10.1. The topological polar surface area (TPSA) is 106 Å². The quantitative estimate of drug-likeness (QED) is 0.422. The molecule has 0 saturated carbocycles. The molecule has 0 radical (unpaired) electrons. The molecule has 11 heteroatoms. The largest absolute Gasteiger partial charge is 0.329 e. The second kappa shape index (κ2) is 9.28. The summed E-state index contributed by atoms with van der Waals surface area (Å²) >= 11 is 2.91. The van der Waals surface area contributed by atoms with Crippen LogP contribution in [0, 0.1) is 0 Å². The maximum Gasteiger partial charge on any atom is 0.254 e. The van der Waals surface area contributed by atoms with Gasteiger partial charge in [0.1, 0.15) is 5.01 Å². The van der Waals surface area contributed by atoms with Gasteiger partial charge in [-0.05, 0) is 59.7 Å². The van der Waals surface area contributed by atoms with Crippen LogP contribution in [0.4, 0.5) is 5.69 Å². The summed E-state index contributed by atoms with van der Waals surface area (Å²) in [5.74, 6) is 0.00414. The lowest BCUT2D eigenvalue weighted by molar-refractivity contribution is -0.113. The van der Waals surface area contributed by atoms with Crippen molar-refractivity contribution in [1.82, 2.24) is 30.1 Å². The summed E-state index contributed by atoms with van der Waals surface area (Å²) in [7, 11) is 1.72. The Kier molecular flexibility index (Phi) is 6.05. The summed E-state index contributed by atoms with van der Waals surface area (Å²) in [5, 5.41) is 15.5. The van der Waals surface area contributed by atoms with E-state index >= 15 is 0 Å². The van der Waals surface area contributed by atoms with E-state index < -0.39 is 0 Å². The van der Waals surface area contributed by atoms with E-state index in [1.165, 1.54) is 16.4 Å². The highest BCUT2D eigenvalue weighted by molar-refractivity contribution is 7.99. The summed E-state index contributed by atoms with van der Waals surface area (Å²) in [4.78, 5) is 32.2. The number of rotatable bonds is 6. The van der Waals surface area contributed by atoms with Crippen LogP contribution < -0.4 is 5.32 Å². The number of nitrogens with zero attached hydrogens (tertiary/aromatic N) is 6. The molecule has 9 nitrogen and oxygen atoms in total. The van der Waals surface area contributed by atoms with Crippen LogP contribution in [0.3, 0.4) is 0 Å². The number of benzene rings is 2. The second-order valence-corrected chi connectivity index (χ2v) is 9.68. The van der Waals surface area contributed by atoms with Crippen molar-refractivity contribution in [2.45, 2.75) is 24.0 Å². The number of thioether (sulfide) groups is 1. The number of nitrogens with one attached hydrogen (secondary N) is 1. The first-order valence-corrected chi connectivity index (χ1v) is 12.3. The Balaban J connectivity index is 1.23. The number of aryl methyl sites for hydroxylation is 1. The van der Waals surface area contributed by atoms with Crippen LogP contribution in [0.2, 0.25) is 0 Å². The summed E-state index contributed by atoms with van der Waals surface area (Å²) in [6.07, 6.45) is 1.87. The van der Waals surface area contributed by atoms with Crippen molar-refractivity contribution in [2.24, 2.45) is 7.05 Å². The monoisotopic (exact) mass is 479 g/mol. The van der Waals surface area contributed by atoms with Crippen molar-refractivity contribution in [3.63, 3.8) is 0 Å². The number of aromatic nitrogens is 5. The van der Waals surface area contributed by atoms with Crippen molar-refractivity contribution >= 4 is 50.8 Å². The standard InChI is InChI=1S/C22H21N7O2S2/c1-28-22(25-26-27-28)32-13-19(30)23-15-10-8-14(9-11-15)21(31)29-12-4-6-17(29)20-24-16-5-2-3-7-18(16)33-20/h2-3,5,7-11,17H,4,6,12-13H2,1H3,(H,23,30)/t17-/m0/s1. The molecule has 33 heavy (non-hydrogen) atoms. The maximum absolute atomic E-state index is 13.2. The highest BCUT2D eigenvalue weighted by Crippen LogP contribution is 2.37. The van der Waals surface area contributed by atoms with E-state index in [0.29, 0.717) is 23.0 Å². The Morgan fingerprint density at radius 3 is 2.76 bits per heavy atom. The zero-order valence-electron chi connectivity index (χ0n) is 17.8. The molecule has 0 unspecified atom stereocenters. The van der Waals surface area contributed by atoms with Gasteiger partial charge >= 0.3 is 0 Å². The third-order valence-corrected chi connectivity index (χ3v) is 7.59. The number of tetrazole rings is 1. The number of fused-ring (bicyclic) bond motifs is 1. The number of anilines is 1. The van der Waals surface area contributed by atoms with Gasteiger partial charge in [0.25, 0.3) is 5.91 Å². The molecule has 2 amide bonds. The van der Waals surface area contributed by atoms with Gasteiger partial charge in [-0.15, -0.1) is 16.4 Å². The number of thiazole rings is 1. The highest BCUT2D eigenvalue weighted by Gasteiger charge is 2.32. The van der Waals surface area contributed by atoms with E-state index in [9.17, 15) is 9.59 Å². The molecule has 2 aromatic carbocycles. The molecule has 1 atom stereocenters. The first kappa shape index (κ1) is 21.5. The van der Waals surface area contributed by atoms with Gasteiger partial charge in [-0.25, -0.2) is 9.67 Å². The predicted octanol–water partition coefficient (Wildman–Crippen LogP) is 3.53. The molecule has 1 aliphatic rings. The highest BCUT2D eigenvalue weighted by atomic mass is 32.2. The van der Waals surface area contributed by atoms with Crippen LogP contribution >= 0.6 is 23.1 Å². The first-order valence-electron chi connectivity index (χ1n) is 10.5. The van der Waals surface area contributed by atoms with Crippen LogP contribution in [0.25, 0.3) is 10.2 Å². The van der Waals surface area contributed by atoms with Gasteiger partial charge in [-0.3, -0.25) is 9.59 Å². The fourth-order valence-electron chi connectivity index (χ4n) is 3.83. The Hall–Kier alpha value is -3.31. The molecule has 0 bridgehead atoms. The van der Waals surface area contributed by atoms with Gasteiger partial charge in [0.15, 0.2) is 0 Å². The van der Waals surface area contributed by atoms with E-state index in [2.05, 4.69) is 26.9 Å². The van der Waals surface area contributed by atoms with Gasteiger partial charge in [-0.2, -0.15) is 0 Å². The molecule has 168 valence electrons. The van der Waals surface area contributed by atoms with Gasteiger partial charge in [-0.1, -0.05) is 23.9 Å². The maximum atomic E-state index is 13.2. The minimum atomic E-state index is -0.169. The van der Waals surface area contributed by atoms with Crippen LogP contribution in [-0.2, 0) is 11.8 Å². The zero-order chi connectivity index (χ0) is 22.8. The van der Waals surface area contributed by atoms with E-state index in [1.54, 1.807) is 42.6 Å². The molecule has 2 aromatic heterocycles. The van der Waals surface area contributed by atoms with E-state index in [4.69, 9.17) is 4.98 Å². The smallest absolute Gasteiger partial charge is 0.254 e. The number of amides is 2. The first-order chi connectivity index (χ1) is 16.1. The Bertz CT molecular complexity index is 1270. The molecule has 4 aromatic rings. The van der Waals surface area contributed by atoms with Crippen LogP contribution in [0.5, 0.6) is 0 Å². The molecule has 0 spiro atoms. The van der Waals surface area contributed by atoms with Gasteiger partial charge in [0.2, 0.25) is 11.1 Å². The molecule has 1 N–H and O–H groups in total. The fraction of sp³-hybridized carbons (Fsp3) is 0.273. The van der Waals surface area contributed by atoms with Crippen molar-refractivity contribution < 1.29 is 9.59 Å². The number of carbonyl (C=O) groups is 2. The number of carbonyl (C=O) groups excluding carboxylic acids is 2. The van der Waals surface area contributed by atoms with Gasteiger partial charge in [0.05, 0.1) is 22.0 Å². The van der Waals surface area contributed by atoms with E-state index in [-0.39, 0.29) is 23.6 Å². The van der Waals surface area contributed by atoms with Crippen LogP contribution in [0.1, 0.15) is 34.2 Å². The molecule has 5 rings (SSSR count). The Labute approximate surface area is 198 Å². The van der Waals surface area contributed by atoms with Crippen LogP contribution in [0.15, 0.2) is 53.7 Å². The third-order valence-electron chi connectivity index (χ3n) is 5.44. The minimum Gasteiger partial charge on any atom is -0.329 e. The molecule has 1 aliphatic heterocycles. The van der Waals surface area contributed by atoms with Crippen molar-refractivity contribution in [3.05, 3.63) is 59.1 Å². The number of likely N-dealkylation sites (tertiary alicyclic amines) is 1. The number of hydrogen-bond donors (Lipinski definition) is 1. The lowest BCUT2D eigenvalue weighted by Crippen LogP contribution is -2.30. The third kappa shape index (κ3) is 4.60. The van der Waals surface area contributed by atoms with E-state index in [0.717, 1.165) is 28.1 Å². The van der Waals surface area contributed by atoms with Gasteiger partial charge < -0.3 is 10.2 Å².